The Kier molecular flexibility index (Phi) is 2.38. The minimum atomic E-state index is -4.47. The van der Waals surface area contributed by atoms with Crippen LogP contribution in [0.2, 0.25) is 0 Å². The van der Waals surface area contributed by atoms with E-state index in [1.54, 1.807) is 24.3 Å². The van der Waals surface area contributed by atoms with Crippen molar-refractivity contribution < 1.29 is 18.3 Å². The molecule has 0 saturated heterocycles. The summed E-state index contributed by atoms with van der Waals surface area (Å²) in [5.74, 6) is -0.874. The lowest BCUT2D eigenvalue weighted by atomic mass is 9.89. The van der Waals surface area contributed by atoms with E-state index in [9.17, 15) is 18.3 Å². The quantitative estimate of drug-likeness (QED) is 0.852. The molecule has 1 aliphatic carbocycles. The molecule has 0 aliphatic heterocycles. The average molecular weight is 256 g/mol. The highest BCUT2D eigenvalue weighted by Crippen LogP contribution is 2.40. The summed E-state index contributed by atoms with van der Waals surface area (Å²) in [7, 11) is 0. The fourth-order valence-corrected chi connectivity index (χ4v) is 2.38. The molecule has 1 N–H and O–H groups in total. The summed E-state index contributed by atoms with van der Waals surface area (Å²) < 4.78 is 40.1. The standard InChI is InChI=1S/C12H11F3N2O/c13-12(14,15)11-16-9-3-1-2-4-10(9)17(11)7-5-8(18)6-7/h1-4,7-8,18H,5-6H2. The van der Waals surface area contributed by atoms with Crippen LogP contribution in [-0.4, -0.2) is 20.8 Å². The lowest BCUT2D eigenvalue weighted by Gasteiger charge is -2.34. The summed E-state index contributed by atoms with van der Waals surface area (Å²) in [4.78, 5) is 3.67. The van der Waals surface area contributed by atoms with Crippen LogP contribution >= 0.6 is 0 Å². The SMILES string of the molecule is OC1CC(n2c(C(F)(F)F)nc3ccccc32)C1. The van der Waals surface area contributed by atoms with Crippen molar-refractivity contribution in [3.05, 3.63) is 30.1 Å². The minimum Gasteiger partial charge on any atom is -0.393 e. The molecular weight excluding hydrogens is 245 g/mol. The number of fused-ring (bicyclic) bond motifs is 1. The zero-order valence-electron chi connectivity index (χ0n) is 9.35. The number of hydrogen-bond donors (Lipinski definition) is 1. The van der Waals surface area contributed by atoms with E-state index in [4.69, 9.17) is 0 Å². The third-order valence-electron chi connectivity index (χ3n) is 3.30. The van der Waals surface area contributed by atoms with Gasteiger partial charge < -0.3 is 9.67 Å². The van der Waals surface area contributed by atoms with Crippen LogP contribution in [0, 0.1) is 0 Å². The number of nitrogens with zero attached hydrogens (tertiary/aromatic N) is 2. The molecule has 0 amide bonds. The Labute approximate surface area is 101 Å². The van der Waals surface area contributed by atoms with Gasteiger partial charge in [-0.2, -0.15) is 13.2 Å². The highest BCUT2D eigenvalue weighted by molar-refractivity contribution is 5.76. The summed E-state index contributed by atoms with van der Waals surface area (Å²) in [5.41, 5.74) is 0.813. The van der Waals surface area contributed by atoms with E-state index in [1.807, 2.05) is 0 Å². The fourth-order valence-electron chi connectivity index (χ4n) is 2.38. The summed E-state index contributed by atoms with van der Waals surface area (Å²) in [6, 6.07) is 6.23. The smallest absolute Gasteiger partial charge is 0.393 e. The number of imidazole rings is 1. The minimum absolute atomic E-state index is 0.316. The fraction of sp³-hybridized carbons (Fsp3) is 0.417. The van der Waals surface area contributed by atoms with Crippen LogP contribution in [-0.2, 0) is 6.18 Å². The Morgan fingerprint density at radius 2 is 1.89 bits per heavy atom. The first-order valence-electron chi connectivity index (χ1n) is 5.69. The molecule has 18 heavy (non-hydrogen) atoms. The first-order chi connectivity index (χ1) is 8.47. The molecular formula is C12H11F3N2O. The predicted molar refractivity (Wildman–Crippen MR) is 59.0 cm³/mol. The van der Waals surface area contributed by atoms with E-state index in [2.05, 4.69) is 4.98 Å². The highest BCUT2D eigenvalue weighted by Gasteiger charge is 2.41. The number of para-hydroxylation sites is 2. The van der Waals surface area contributed by atoms with Gasteiger partial charge >= 0.3 is 6.18 Å². The van der Waals surface area contributed by atoms with Gasteiger partial charge in [0, 0.05) is 6.04 Å². The number of aliphatic hydroxyl groups excluding tert-OH is 1. The molecule has 1 aromatic carbocycles. The molecule has 96 valence electrons. The monoisotopic (exact) mass is 256 g/mol. The first kappa shape index (κ1) is 11.5. The van der Waals surface area contributed by atoms with Crippen LogP contribution in [0.15, 0.2) is 24.3 Å². The number of benzene rings is 1. The zero-order chi connectivity index (χ0) is 12.9. The molecule has 0 bridgehead atoms. The first-order valence-corrected chi connectivity index (χ1v) is 5.69. The molecule has 0 unspecified atom stereocenters. The van der Waals surface area contributed by atoms with Gasteiger partial charge in [-0.05, 0) is 25.0 Å². The van der Waals surface area contributed by atoms with E-state index in [0.29, 0.717) is 23.9 Å². The van der Waals surface area contributed by atoms with Gasteiger partial charge in [0.1, 0.15) is 0 Å². The number of aromatic nitrogens is 2. The summed E-state index contributed by atoms with van der Waals surface area (Å²) in [5, 5.41) is 9.27. The number of aliphatic hydroxyl groups is 1. The number of alkyl halides is 3. The maximum Gasteiger partial charge on any atom is 0.449 e. The molecule has 1 heterocycles. The van der Waals surface area contributed by atoms with Crippen molar-refractivity contribution in [3.8, 4) is 0 Å². The molecule has 1 saturated carbocycles. The molecule has 0 radical (unpaired) electrons. The maximum absolute atomic E-state index is 13.0. The van der Waals surface area contributed by atoms with Crippen LogP contribution in [0.4, 0.5) is 13.2 Å². The van der Waals surface area contributed by atoms with Crippen molar-refractivity contribution in [1.82, 2.24) is 9.55 Å². The highest BCUT2D eigenvalue weighted by atomic mass is 19.4. The van der Waals surface area contributed by atoms with Gasteiger partial charge in [-0.15, -0.1) is 0 Å². The number of halogens is 3. The van der Waals surface area contributed by atoms with Crippen LogP contribution < -0.4 is 0 Å². The van der Waals surface area contributed by atoms with Crippen molar-refractivity contribution in [2.45, 2.75) is 31.2 Å². The largest absolute Gasteiger partial charge is 0.449 e. The van der Waals surface area contributed by atoms with Crippen molar-refractivity contribution >= 4 is 11.0 Å². The van der Waals surface area contributed by atoms with Crippen LogP contribution in [0.1, 0.15) is 24.7 Å². The van der Waals surface area contributed by atoms with Crippen molar-refractivity contribution in [1.29, 1.82) is 0 Å². The molecule has 6 heteroatoms. The van der Waals surface area contributed by atoms with E-state index in [-0.39, 0.29) is 6.04 Å². The molecule has 3 rings (SSSR count). The zero-order valence-corrected chi connectivity index (χ0v) is 9.35. The lowest BCUT2D eigenvalue weighted by molar-refractivity contribution is -0.149. The van der Waals surface area contributed by atoms with Crippen molar-refractivity contribution in [3.63, 3.8) is 0 Å². The van der Waals surface area contributed by atoms with Crippen molar-refractivity contribution in [2.75, 3.05) is 0 Å². The lowest BCUT2D eigenvalue weighted by Crippen LogP contribution is -2.33. The third kappa shape index (κ3) is 1.68. The van der Waals surface area contributed by atoms with E-state index < -0.39 is 18.1 Å². The molecule has 1 aromatic heterocycles. The average Bonchev–Trinajstić information content (AvgIpc) is 2.63. The van der Waals surface area contributed by atoms with E-state index >= 15 is 0 Å². The second kappa shape index (κ2) is 3.71. The second-order valence-electron chi connectivity index (χ2n) is 4.57. The summed E-state index contributed by atoms with van der Waals surface area (Å²) >= 11 is 0. The molecule has 1 aliphatic rings. The second-order valence-corrected chi connectivity index (χ2v) is 4.57. The molecule has 1 fully saturated rings. The normalized spacial score (nSPS) is 24.2. The molecule has 0 atom stereocenters. The van der Waals surface area contributed by atoms with Crippen LogP contribution in [0.25, 0.3) is 11.0 Å². The third-order valence-corrected chi connectivity index (χ3v) is 3.30. The Morgan fingerprint density at radius 1 is 1.22 bits per heavy atom. The topological polar surface area (TPSA) is 38.0 Å². The molecule has 2 aromatic rings. The number of hydrogen-bond acceptors (Lipinski definition) is 2. The summed E-state index contributed by atoms with van der Waals surface area (Å²) in [6.07, 6.45) is -4.27. The van der Waals surface area contributed by atoms with Crippen molar-refractivity contribution in [2.24, 2.45) is 0 Å². The van der Waals surface area contributed by atoms with Crippen LogP contribution in [0.5, 0.6) is 0 Å². The Balaban J connectivity index is 2.18. The van der Waals surface area contributed by atoms with Gasteiger partial charge in [0.05, 0.1) is 17.1 Å². The Morgan fingerprint density at radius 3 is 2.50 bits per heavy atom. The van der Waals surface area contributed by atoms with Crippen LogP contribution in [0.3, 0.4) is 0 Å². The Bertz CT molecular complexity index is 585. The Hall–Kier alpha value is -1.56. The maximum atomic E-state index is 13.0. The van der Waals surface area contributed by atoms with Gasteiger partial charge in [-0.25, -0.2) is 4.98 Å². The van der Waals surface area contributed by atoms with Gasteiger partial charge in [0.2, 0.25) is 5.82 Å². The van der Waals surface area contributed by atoms with Gasteiger partial charge in [0.15, 0.2) is 0 Å². The van der Waals surface area contributed by atoms with Gasteiger partial charge in [-0.1, -0.05) is 12.1 Å². The summed E-state index contributed by atoms with van der Waals surface area (Å²) in [6.45, 7) is 0. The molecule has 0 spiro atoms. The van der Waals surface area contributed by atoms with E-state index in [1.165, 1.54) is 4.57 Å². The van der Waals surface area contributed by atoms with E-state index in [0.717, 1.165) is 0 Å². The predicted octanol–water partition coefficient (Wildman–Crippen LogP) is 2.75. The molecule has 3 nitrogen and oxygen atoms in total. The number of rotatable bonds is 1. The van der Waals surface area contributed by atoms with Gasteiger partial charge in [0.25, 0.3) is 0 Å². The van der Waals surface area contributed by atoms with Gasteiger partial charge in [-0.3, -0.25) is 0 Å².